The Morgan fingerprint density at radius 2 is 1.87 bits per heavy atom. The number of benzene rings is 1. The molecule has 4 nitrogen and oxygen atoms in total. The number of hydrogen-bond donors (Lipinski definition) is 2. The van der Waals surface area contributed by atoms with Gasteiger partial charge in [-0.15, -0.1) is 0 Å². The van der Waals surface area contributed by atoms with Crippen LogP contribution >= 0.6 is 0 Å². The van der Waals surface area contributed by atoms with Crippen LogP contribution in [0.25, 0.3) is 6.08 Å². The Hall–Kier alpha value is -1.17. The summed E-state index contributed by atoms with van der Waals surface area (Å²) in [6.07, 6.45) is 1.17. The maximum Gasteiger partial charge on any atom is 0.290 e. The molecular weight excluding hydrogens is 216 g/mol. The number of fused-ring (bicyclic) bond motifs is 1. The molecule has 0 saturated carbocycles. The van der Waals surface area contributed by atoms with E-state index in [4.69, 9.17) is 4.55 Å². The van der Waals surface area contributed by atoms with Gasteiger partial charge in [0.2, 0.25) is 0 Å². The Balaban J connectivity index is 2.57. The first-order chi connectivity index (χ1) is 6.98. The molecule has 0 amide bonds. The fourth-order valence-corrected chi connectivity index (χ4v) is 2.13. The highest BCUT2D eigenvalue weighted by Crippen LogP contribution is 2.32. The third-order valence-corrected chi connectivity index (χ3v) is 3.19. The molecule has 1 aliphatic rings. The lowest BCUT2D eigenvalue weighted by Gasteiger charge is -2.18. The predicted molar refractivity (Wildman–Crippen MR) is 54.9 cm³/mol. The first kappa shape index (κ1) is 10.4. The lowest BCUT2D eigenvalue weighted by Crippen LogP contribution is -2.12. The van der Waals surface area contributed by atoms with E-state index in [1.54, 1.807) is 24.3 Å². The summed E-state index contributed by atoms with van der Waals surface area (Å²) in [6, 6.07) is 6.86. The highest BCUT2D eigenvalue weighted by molar-refractivity contribution is 7.90. The van der Waals surface area contributed by atoms with Crippen molar-refractivity contribution in [2.45, 2.75) is 6.42 Å². The lowest BCUT2D eigenvalue weighted by atomic mass is 9.95. The number of aliphatic hydroxyl groups excluding tert-OH is 1. The molecule has 0 fully saturated rings. The molecule has 15 heavy (non-hydrogen) atoms. The standard InChI is InChI=1S/C10H9O4S/c11-10-6-8(15(12,13)14)5-7-3-1-2-4-9(7)10/h1-5,11H,6H2,(H,12,13,14). The summed E-state index contributed by atoms with van der Waals surface area (Å²) in [5.41, 5.74) is 1.19. The minimum Gasteiger partial charge on any atom is -0.381 e. The van der Waals surface area contributed by atoms with Crippen LogP contribution in [0.4, 0.5) is 0 Å². The maximum absolute atomic E-state index is 10.9. The van der Waals surface area contributed by atoms with Crippen LogP contribution in [-0.4, -0.2) is 18.1 Å². The zero-order chi connectivity index (χ0) is 11.1. The quantitative estimate of drug-likeness (QED) is 0.711. The molecule has 2 rings (SSSR count). The number of hydrogen-bond acceptors (Lipinski definition) is 3. The highest BCUT2D eigenvalue weighted by atomic mass is 32.2. The van der Waals surface area contributed by atoms with Gasteiger partial charge in [0.15, 0.2) is 0 Å². The van der Waals surface area contributed by atoms with E-state index in [1.165, 1.54) is 6.08 Å². The Labute approximate surface area is 87.6 Å². The van der Waals surface area contributed by atoms with Crippen LogP contribution in [0.1, 0.15) is 17.5 Å². The number of rotatable bonds is 1. The minimum absolute atomic E-state index is 0.0410. The monoisotopic (exact) mass is 225 g/mol. The van der Waals surface area contributed by atoms with Crippen molar-refractivity contribution in [1.82, 2.24) is 0 Å². The predicted octanol–water partition coefficient (Wildman–Crippen LogP) is 1.57. The van der Waals surface area contributed by atoms with Crippen molar-refractivity contribution in [2.24, 2.45) is 0 Å². The van der Waals surface area contributed by atoms with Crippen molar-refractivity contribution in [3.05, 3.63) is 46.4 Å². The van der Waals surface area contributed by atoms with E-state index >= 15 is 0 Å². The van der Waals surface area contributed by atoms with Crippen molar-refractivity contribution in [2.75, 3.05) is 0 Å². The zero-order valence-electron chi connectivity index (χ0n) is 7.71. The summed E-state index contributed by atoms with van der Waals surface area (Å²) in [6.45, 7) is 0. The van der Waals surface area contributed by atoms with Crippen LogP contribution in [0.5, 0.6) is 0 Å². The second-order valence-corrected chi connectivity index (χ2v) is 4.77. The first-order valence-electron chi connectivity index (χ1n) is 4.31. The van der Waals surface area contributed by atoms with Crippen molar-refractivity contribution < 1.29 is 18.1 Å². The molecule has 79 valence electrons. The van der Waals surface area contributed by atoms with E-state index in [9.17, 15) is 13.5 Å². The van der Waals surface area contributed by atoms with E-state index in [0.717, 1.165) is 0 Å². The molecule has 0 aromatic heterocycles. The van der Waals surface area contributed by atoms with Gasteiger partial charge in [-0.3, -0.25) is 4.55 Å². The zero-order valence-corrected chi connectivity index (χ0v) is 8.53. The molecule has 1 aromatic carbocycles. The molecule has 0 aliphatic heterocycles. The summed E-state index contributed by atoms with van der Waals surface area (Å²) < 4.78 is 30.7. The van der Waals surface area contributed by atoms with Crippen LogP contribution < -0.4 is 0 Å². The molecule has 0 spiro atoms. The molecule has 0 atom stereocenters. The highest BCUT2D eigenvalue weighted by Gasteiger charge is 2.25. The van der Waals surface area contributed by atoms with Crippen LogP contribution in [0.2, 0.25) is 0 Å². The molecule has 1 radical (unpaired) electrons. The van der Waals surface area contributed by atoms with Crippen LogP contribution in [0.15, 0.2) is 29.2 Å². The van der Waals surface area contributed by atoms with Gasteiger partial charge in [0.1, 0.15) is 6.10 Å². The summed E-state index contributed by atoms with van der Waals surface area (Å²) in [7, 11) is -4.22. The summed E-state index contributed by atoms with van der Waals surface area (Å²) in [5, 5.41) is 9.60. The third-order valence-electron chi connectivity index (χ3n) is 2.26. The fourth-order valence-electron chi connectivity index (χ4n) is 1.54. The molecule has 0 bridgehead atoms. The van der Waals surface area contributed by atoms with E-state index in [1.807, 2.05) is 0 Å². The summed E-state index contributed by atoms with van der Waals surface area (Å²) in [5.74, 6) is 0. The van der Waals surface area contributed by atoms with Gasteiger partial charge >= 0.3 is 0 Å². The van der Waals surface area contributed by atoms with Crippen LogP contribution in [0.3, 0.4) is 0 Å². The molecule has 1 aliphatic carbocycles. The summed E-state index contributed by atoms with van der Waals surface area (Å²) in [4.78, 5) is -0.182. The second kappa shape index (κ2) is 3.44. The normalized spacial score (nSPS) is 17.1. The van der Waals surface area contributed by atoms with Gasteiger partial charge in [0.05, 0.1) is 4.91 Å². The Bertz CT molecular complexity index is 516. The van der Waals surface area contributed by atoms with E-state index < -0.39 is 10.1 Å². The van der Waals surface area contributed by atoms with Gasteiger partial charge in [0, 0.05) is 6.42 Å². The Kier molecular flexibility index (Phi) is 2.38. The van der Waals surface area contributed by atoms with Crippen LogP contribution in [0, 0.1) is 6.10 Å². The van der Waals surface area contributed by atoms with Gasteiger partial charge in [-0.25, -0.2) is 0 Å². The average molecular weight is 225 g/mol. The minimum atomic E-state index is -4.22. The molecule has 5 heteroatoms. The van der Waals surface area contributed by atoms with E-state index in [-0.39, 0.29) is 17.4 Å². The first-order valence-corrected chi connectivity index (χ1v) is 5.75. The van der Waals surface area contributed by atoms with E-state index in [2.05, 4.69) is 0 Å². The van der Waals surface area contributed by atoms with Crippen molar-refractivity contribution in [3.63, 3.8) is 0 Å². The van der Waals surface area contributed by atoms with Gasteiger partial charge in [-0.1, -0.05) is 24.3 Å². The Morgan fingerprint density at radius 3 is 2.53 bits per heavy atom. The van der Waals surface area contributed by atoms with Crippen molar-refractivity contribution in [3.8, 4) is 0 Å². The maximum atomic E-state index is 10.9. The molecule has 2 N–H and O–H groups in total. The molecule has 0 unspecified atom stereocenters. The summed E-state index contributed by atoms with van der Waals surface area (Å²) >= 11 is 0. The van der Waals surface area contributed by atoms with Crippen LogP contribution in [-0.2, 0) is 10.1 Å². The van der Waals surface area contributed by atoms with Gasteiger partial charge in [-0.2, -0.15) is 8.42 Å². The topological polar surface area (TPSA) is 74.6 Å². The third kappa shape index (κ3) is 1.94. The Morgan fingerprint density at radius 1 is 1.20 bits per heavy atom. The van der Waals surface area contributed by atoms with E-state index in [0.29, 0.717) is 11.1 Å². The molecular formula is C10H9O4S. The van der Waals surface area contributed by atoms with Gasteiger partial charge in [-0.05, 0) is 17.2 Å². The SMILES string of the molecule is O=S(=O)(O)C1=Cc2ccccc2[C](O)C1. The smallest absolute Gasteiger partial charge is 0.290 e. The molecule has 1 aromatic rings. The number of aliphatic hydroxyl groups is 1. The van der Waals surface area contributed by atoms with Gasteiger partial charge < -0.3 is 5.11 Å². The van der Waals surface area contributed by atoms with Gasteiger partial charge in [0.25, 0.3) is 10.1 Å². The molecule has 0 heterocycles. The largest absolute Gasteiger partial charge is 0.381 e. The average Bonchev–Trinajstić information content (AvgIpc) is 2.16. The van der Waals surface area contributed by atoms with Crippen molar-refractivity contribution in [1.29, 1.82) is 0 Å². The fraction of sp³-hybridized carbons (Fsp3) is 0.100. The second-order valence-electron chi connectivity index (χ2n) is 3.30. The van der Waals surface area contributed by atoms with Crippen molar-refractivity contribution >= 4 is 16.2 Å². The lowest BCUT2D eigenvalue weighted by molar-refractivity contribution is 0.322. The molecule has 0 saturated heterocycles.